The molecule has 1 unspecified atom stereocenters. The van der Waals surface area contributed by atoms with Gasteiger partial charge in [-0.15, -0.1) is 11.3 Å². The number of methoxy groups -OCH3 is 1. The van der Waals surface area contributed by atoms with Crippen molar-refractivity contribution >= 4 is 38.9 Å². The number of ether oxygens (including phenoxy) is 1. The molecule has 0 saturated heterocycles. The van der Waals surface area contributed by atoms with Crippen LogP contribution in [0.4, 0.5) is 0 Å². The summed E-state index contributed by atoms with van der Waals surface area (Å²) < 4.78 is 5.99. The van der Waals surface area contributed by atoms with Gasteiger partial charge in [0.05, 0.1) is 17.7 Å². The van der Waals surface area contributed by atoms with Gasteiger partial charge >= 0.3 is 0 Å². The molecule has 0 fully saturated rings. The maximum atomic E-state index is 6.06. The molecule has 1 heterocycles. The molecule has 1 atom stereocenters. The average molecular weight is 376 g/mol. The molecule has 3 nitrogen and oxygen atoms in total. The van der Waals surface area contributed by atoms with Crippen molar-refractivity contribution < 1.29 is 4.74 Å². The number of hydrogen-bond acceptors (Lipinski definition) is 4. The van der Waals surface area contributed by atoms with Crippen LogP contribution in [-0.2, 0) is 4.74 Å². The van der Waals surface area contributed by atoms with E-state index in [1.54, 1.807) is 18.4 Å². The van der Waals surface area contributed by atoms with E-state index in [-0.39, 0.29) is 6.04 Å². The first-order valence-electron chi connectivity index (χ1n) is 6.21. The normalized spacial score (nSPS) is 12.6. The van der Waals surface area contributed by atoms with E-state index >= 15 is 0 Å². The van der Waals surface area contributed by atoms with Crippen molar-refractivity contribution in [3.63, 3.8) is 0 Å². The molecule has 20 heavy (non-hydrogen) atoms. The summed E-state index contributed by atoms with van der Waals surface area (Å²) in [5.74, 6) is 0. The molecule has 0 spiro atoms. The van der Waals surface area contributed by atoms with Crippen LogP contribution in [0.1, 0.15) is 22.3 Å². The second kappa shape index (κ2) is 7.52. The minimum absolute atomic E-state index is 0.0532. The van der Waals surface area contributed by atoms with Crippen molar-refractivity contribution in [2.24, 2.45) is 0 Å². The first-order valence-corrected chi connectivity index (χ1v) is 8.26. The Bertz CT molecular complexity index is 576. The summed E-state index contributed by atoms with van der Waals surface area (Å²) in [7, 11) is 1.70. The first-order chi connectivity index (χ1) is 9.61. The largest absolute Gasteiger partial charge is 0.383 e. The Morgan fingerprint density at radius 2 is 2.30 bits per heavy atom. The molecular weight excluding hydrogens is 360 g/mol. The van der Waals surface area contributed by atoms with Crippen LogP contribution in [0, 0.1) is 6.92 Å². The number of hydrogen-bond donors (Lipinski definition) is 1. The summed E-state index contributed by atoms with van der Waals surface area (Å²) in [5, 5.41) is 7.29. The summed E-state index contributed by atoms with van der Waals surface area (Å²) in [6.07, 6.45) is 0. The molecule has 0 aliphatic carbocycles. The predicted octanol–water partition coefficient (Wildman–Crippen LogP) is 4.19. The lowest BCUT2D eigenvalue weighted by Gasteiger charge is -2.17. The Labute approximate surface area is 136 Å². The topological polar surface area (TPSA) is 34.1 Å². The number of aromatic nitrogens is 1. The van der Waals surface area contributed by atoms with Gasteiger partial charge in [-0.25, -0.2) is 4.98 Å². The highest BCUT2D eigenvalue weighted by molar-refractivity contribution is 9.10. The second-order valence-corrected chi connectivity index (χ2v) is 6.53. The number of rotatable bonds is 6. The van der Waals surface area contributed by atoms with Gasteiger partial charge in [0.2, 0.25) is 0 Å². The van der Waals surface area contributed by atoms with Gasteiger partial charge in [0.25, 0.3) is 0 Å². The number of benzene rings is 1. The zero-order valence-corrected chi connectivity index (χ0v) is 14.5. The van der Waals surface area contributed by atoms with Crippen molar-refractivity contribution in [3.05, 3.63) is 49.3 Å². The average Bonchev–Trinajstić information content (AvgIpc) is 2.85. The molecule has 1 aromatic heterocycles. The predicted molar refractivity (Wildman–Crippen MR) is 87.7 cm³/mol. The third kappa shape index (κ3) is 4.02. The van der Waals surface area contributed by atoms with E-state index in [1.807, 2.05) is 25.1 Å². The van der Waals surface area contributed by atoms with Crippen molar-refractivity contribution in [1.29, 1.82) is 0 Å². The molecule has 2 rings (SSSR count). The number of aryl methyl sites for hydroxylation is 1. The fourth-order valence-corrected chi connectivity index (χ4v) is 3.26. The molecular formula is C14H16BrClN2OS. The van der Waals surface area contributed by atoms with E-state index in [4.69, 9.17) is 16.3 Å². The lowest BCUT2D eigenvalue weighted by Crippen LogP contribution is -2.26. The van der Waals surface area contributed by atoms with Gasteiger partial charge in [-0.1, -0.05) is 17.7 Å². The SMILES string of the molecule is COCCNC(c1ccc(Cl)c(Br)c1)c1nc(C)cs1. The quantitative estimate of drug-likeness (QED) is 0.769. The minimum Gasteiger partial charge on any atom is -0.383 e. The summed E-state index contributed by atoms with van der Waals surface area (Å²) >= 11 is 11.2. The van der Waals surface area contributed by atoms with Crippen LogP contribution >= 0.6 is 38.9 Å². The van der Waals surface area contributed by atoms with E-state index in [2.05, 4.69) is 31.6 Å². The zero-order chi connectivity index (χ0) is 14.5. The van der Waals surface area contributed by atoms with Crippen molar-refractivity contribution in [2.75, 3.05) is 20.3 Å². The fourth-order valence-electron chi connectivity index (χ4n) is 1.85. The van der Waals surface area contributed by atoms with Crippen molar-refractivity contribution in [3.8, 4) is 0 Å². The molecule has 1 aromatic carbocycles. The van der Waals surface area contributed by atoms with Gasteiger partial charge in [0, 0.05) is 29.2 Å². The van der Waals surface area contributed by atoms with Gasteiger partial charge in [0.15, 0.2) is 0 Å². The molecule has 0 aliphatic heterocycles. The number of halogens is 2. The molecule has 1 N–H and O–H groups in total. The Hall–Kier alpha value is -0.460. The van der Waals surface area contributed by atoms with E-state index < -0.39 is 0 Å². The molecule has 0 radical (unpaired) electrons. The molecule has 0 aliphatic rings. The Balaban J connectivity index is 2.27. The molecule has 6 heteroatoms. The van der Waals surface area contributed by atoms with Crippen LogP contribution in [0.3, 0.4) is 0 Å². The maximum Gasteiger partial charge on any atom is 0.114 e. The van der Waals surface area contributed by atoms with E-state index in [1.165, 1.54) is 0 Å². The third-order valence-electron chi connectivity index (χ3n) is 2.82. The van der Waals surface area contributed by atoms with Gasteiger partial charge in [-0.2, -0.15) is 0 Å². The van der Waals surface area contributed by atoms with Crippen LogP contribution < -0.4 is 5.32 Å². The van der Waals surface area contributed by atoms with E-state index in [9.17, 15) is 0 Å². The monoisotopic (exact) mass is 374 g/mol. The lowest BCUT2D eigenvalue weighted by molar-refractivity contribution is 0.197. The summed E-state index contributed by atoms with van der Waals surface area (Å²) in [5.41, 5.74) is 2.17. The molecule has 0 saturated carbocycles. The Kier molecular flexibility index (Phi) is 5.99. The van der Waals surface area contributed by atoms with Crippen LogP contribution in [0.5, 0.6) is 0 Å². The van der Waals surface area contributed by atoms with Crippen molar-refractivity contribution in [2.45, 2.75) is 13.0 Å². The number of nitrogens with zero attached hydrogens (tertiary/aromatic N) is 1. The van der Waals surface area contributed by atoms with Crippen LogP contribution in [0.25, 0.3) is 0 Å². The van der Waals surface area contributed by atoms with Crippen LogP contribution in [0.15, 0.2) is 28.1 Å². The lowest BCUT2D eigenvalue weighted by atomic mass is 10.1. The van der Waals surface area contributed by atoms with Gasteiger partial charge in [-0.3, -0.25) is 0 Å². The summed E-state index contributed by atoms with van der Waals surface area (Å²) in [6.45, 7) is 3.43. The first kappa shape index (κ1) is 15.9. The number of nitrogens with one attached hydrogen (secondary N) is 1. The Morgan fingerprint density at radius 3 is 2.90 bits per heavy atom. The van der Waals surface area contributed by atoms with Gasteiger partial charge in [-0.05, 0) is 40.5 Å². The summed E-state index contributed by atoms with van der Waals surface area (Å²) in [4.78, 5) is 4.59. The Morgan fingerprint density at radius 1 is 1.50 bits per heavy atom. The van der Waals surface area contributed by atoms with Crippen molar-refractivity contribution in [1.82, 2.24) is 10.3 Å². The molecule has 108 valence electrons. The fraction of sp³-hybridized carbons (Fsp3) is 0.357. The molecule has 0 bridgehead atoms. The highest BCUT2D eigenvalue weighted by atomic mass is 79.9. The minimum atomic E-state index is 0.0532. The smallest absolute Gasteiger partial charge is 0.114 e. The highest BCUT2D eigenvalue weighted by Gasteiger charge is 2.17. The van der Waals surface area contributed by atoms with E-state index in [0.717, 1.165) is 27.3 Å². The van der Waals surface area contributed by atoms with Crippen LogP contribution in [-0.4, -0.2) is 25.2 Å². The highest BCUT2D eigenvalue weighted by Crippen LogP contribution is 2.30. The molecule has 2 aromatic rings. The second-order valence-electron chi connectivity index (χ2n) is 4.38. The maximum absolute atomic E-state index is 6.06. The standard InChI is InChI=1S/C14H16BrClN2OS/c1-9-8-20-14(18-9)13(17-5-6-19-2)10-3-4-12(16)11(15)7-10/h3-4,7-8,13,17H,5-6H2,1-2H3. The summed E-state index contributed by atoms with van der Waals surface area (Å²) in [6, 6.07) is 6.00. The molecule has 0 amide bonds. The number of thiazole rings is 1. The third-order valence-corrected chi connectivity index (χ3v) is 5.06. The van der Waals surface area contributed by atoms with E-state index in [0.29, 0.717) is 11.6 Å². The van der Waals surface area contributed by atoms with Gasteiger partial charge < -0.3 is 10.1 Å². The zero-order valence-electron chi connectivity index (χ0n) is 11.3. The van der Waals surface area contributed by atoms with Gasteiger partial charge in [0.1, 0.15) is 5.01 Å². The van der Waals surface area contributed by atoms with Crippen LogP contribution in [0.2, 0.25) is 5.02 Å².